The van der Waals surface area contributed by atoms with Gasteiger partial charge in [-0.2, -0.15) is 5.26 Å². The maximum atomic E-state index is 13.4. The number of carbonyl (C=O) groups excluding carboxylic acids is 2. The summed E-state index contributed by atoms with van der Waals surface area (Å²) in [6.45, 7) is 1.84. The van der Waals surface area contributed by atoms with Gasteiger partial charge in [0.15, 0.2) is 0 Å². The molecule has 4 rings (SSSR count). The summed E-state index contributed by atoms with van der Waals surface area (Å²) in [7, 11) is 0. The van der Waals surface area contributed by atoms with Crippen LogP contribution in [0.25, 0.3) is 11.1 Å². The normalized spacial score (nSPS) is 12.1. The minimum atomic E-state index is -0.323. The number of rotatable bonds is 11. The average Bonchev–Trinajstić information content (AvgIpc) is 2.99. The highest BCUT2D eigenvalue weighted by Gasteiger charge is 2.24. The van der Waals surface area contributed by atoms with E-state index in [2.05, 4.69) is 16.7 Å². The predicted octanol–water partition coefficient (Wildman–Crippen LogP) is 5.05. The van der Waals surface area contributed by atoms with Gasteiger partial charge in [-0.1, -0.05) is 72.8 Å². The molecule has 0 aliphatic carbocycles. The fraction of sp³-hybridized carbons (Fsp3) is 0.206. The molecular formula is C34H33N3O3. The van der Waals surface area contributed by atoms with Crippen LogP contribution >= 0.6 is 0 Å². The number of nitrogens with one attached hydrogen (secondary N) is 2. The van der Waals surface area contributed by atoms with E-state index < -0.39 is 0 Å². The lowest BCUT2D eigenvalue weighted by molar-refractivity contribution is -0.119. The van der Waals surface area contributed by atoms with E-state index >= 15 is 0 Å². The summed E-state index contributed by atoms with van der Waals surface area (Å²) in [5, 5.41) is 25.6. The zero-order valence-corrected chi connectivity index (χ0v) is 22.5. The number of nitrogens with zero attached hydrogens (tertiary/aromatic N) is 1. The van der Waals surface area contributed by atoms with Crippen LogP contribution in [0.5, 0.6) is 0 Å². The van der Waals surface area contributed by atoms with E-state index in [1.54, 1.807) is 18.2 Å². The van der Waals surface area contributed by atoms with Crippen molar-refractivity contribution in [3.63, 3.8) is 0 Å². The molecular weight excluding hydrogens is 498 g/mol. The first-order valence-electron chi connectivity index (χ1n) is 13.3. The molecule has 6 heteroatoms. The lowest BCUT2D eigenvalue weighted by atomic mass is 9.88. The number of benzene rings is 4. The van der Waals surface area contributed by atoms with E-state index in [0.717, 1.165) is 27.8 Å². The van der Waals surface area contributed by atoms with Crippen molar-refractivity contribution >= 4 is 11.8 Å². The molecule has 0 aliphatic heterocycles. The third kappa shape index (κ3) is 7.89. The van der Waals surface area contributed by atoms with Crippen LogP contribution in [0.1, 0.15) is 39.5 Å². The molecule has 2 unspecified atom stereocenters. The summed E-state index contributed by atoms with van der Waals surface area (Å²) in [5.41, 5.74) is 6.05. The Labute approximate surface area is 235 Å². The fourth-order valence-corrected chi connectivity index (χ4v) is 4.76. The second-order valence-electron chi connectivity index (χ2n) is 9.92. The quantitative estimate of drug-likeness (QED) is 0.252. The van der Waals surface area contributed by atoms with Crippen molar-refractivity contribution in [3.8, 4) is 17.2 Å². The number of amides is 2. The molecule has 0 spiro atoms. The smallest absolute Gasteiger partial charge is 0.251 e. The Morgan fingerprint density at radius 1 is 0.800 bits per heavy atom. The van der Waals surface area contributed by atoms with Crippen molar-refractivity contribution in [2.75, 3.05) is 6.61 Å². The van der Waals surface area contributed by atoms with Crippen molar-refractivity contribution < 1.29 is 14.7 Å². The van der Waals surface area contributed by atoms with Gasteiger partial charge in [0.25, 0.3) is 5.91 Å². The minimum Gasteiger partial charge on any atom is -0.396 e. The van der Waals surface area contributed by atoms with Crippen molar-refractivity contribution in [2.45, 2.75) is 32.4 Å². The van der Waals surface area contributed by atoms with Crippen LogP contribution in [0.2, 0.25) is 0 Å². The Hall–Kier alpha value is -4.73. The van der Waals surface area contributed by atoms with Crippen molar-refractivity contribution in [2.24, 2.45) is 5.92 Å². The molecule has 4 aromatic rings. The summed E-state index contributed by atoms with van der Waals surface area (Å²) in [5.74, 6) is -0.537. The van der Waals surface area contributed by atoms with Gasteiger partial charge in [0.05, 0.1) is 11.6 Å². The Kier molecular flexibility index (Phi) is 9.82. The van der Waals surface area contributed by atoms with Crippen LogP contribution in [-0.4, -0.2) is 29.6 Å². The molecule has 0 fully saturated rings. The molecule has 2 amide bonds. The lowest BCUT2D eigenvalue weighted by Crippen LogP contribution is -2.44. The molecule has 202 valence electrons. The molecule has 40 heavy (non-hydrogen) atoms. The fourth-order valence-electron chi connectivity index (χ4n) is 4.76. The Balaban J connectivity index is 1.51. The van der Waals surface area contributed by atoms with Crippen LogP contribution in [0.3, 0.4) is 0 Å². The zero-order valence-electron chi connectivity index (χ0n) is 22.5. The van der Waals surface area contributed by atoms with Crippen LogP contribution in [0.4, 0.5) is 0 Å². The largest absolute Gasteiger partial charge is 0.396 e. The zero-order chi connectivity index (χ0) is 28.3. The van der Waals surface area contributed by atoms with E-state index in [0.29, 0.717) is 30.5 Å². The lowest BCUT2D eigenvalue weighted by Gasteiger charge is -2.27. The van der Waals surface area contributed by atoms with Crippen molar-refractivity contribution in [1.82, 2.24) is 10.6 Å². The van der Waals surface area contributed by atoms with E-state index in [-0.39, 0.29) is 30.4 Å². The Bertz CT molecular complexity index is 1480. The van der Waals surface area contributed by atoms with Gasteiger partial charge in [0.2, 0.25) is 5.91 Å². The molecule has 3 N–H and O–H groups in total. The number of aliphatic hydroxyl groups is 1. The summed E-state index contributed by atoms with van der Waals surface area (Å²) in [6.07, 6.45) is 1.09. The number of hydrogen-bond donors (Lipinski definition) is 3. The van der Waals surface area contributed by atoms with Gasteiger partial charge < -0.3 is 15.7 Å². The monoisotopic (exact) mass is 531 g/mol. The summed E-state index contributed by atoms with van der Waals surface area (Å²) in [4.78, 5) is 24.6. The minimum absolute atomic E-state index is 0.0783. The Morgan fingerprint density at radius 3 is 2.20 bits per heavy atom. The summed E-state index contributed by atoms with van der Waals surface area (Å²) in [6, 6.07) is 34.4. The number of carbonyl (C=O) groups is 2. The highest BCUT2D eigenvalue weighted by atomic mass is 16.3. The molecule has 0 saturated carbocycles. The van der Waals surface area contributed by atoms with Gasteiger partial charge in [-0.25, -0.2) is 0 Å². The van der Waals surface area contributed by atoms with E-state index in [4.69, 9.17) is 0 Å². The number of hydrogen-bond acceptors (Lipinski definition) is 4. The van der Waals surface area contributed by atoms with Crippen LogP contribution in [0.15, 0.2) is 103 Å². The third-order valence-corrected chi connectivity index (χ3v) is 6.92. The highest BCUT2D eigenvalue weighted by Crippen LogP contribution is 2.22. The van der Waals surface area contributed by atoms with Gasteiger partial charge >= 0.3 is 0 Å². The van der Waals surface area contributed by atoms with Gasteiger partial charge in [-0.05, 0) is 71.0 Å². The van der Waals surface area contributed by atoms with Gasteiger partial charge in [-0.3, -0.25) is 9.59 Å². The topological polar surface area (TPSA) is 102 Å². The maximum absolute atomic E-state index is 13.4. The second-order valence-corrected chi connectivity index (χ2v) is 9.92. The molecule has 6 nitrogen and oxygen atoms in total. The second kappa shape index (κ2) is 13.9. The standard InChI is InChI=1S/C34H33N3O3/c1-24(39)36-22-28-11-6-12-31(19-28)29-13-15-30(16-14-29)34(40)37-33(20-25-7-3-2-4-8-25)32(23-38)18-26-9-5-10-27(17-26)21-35/h2-17,19,32-33,38H,18,20,22-23H2,1H3,(H,36,39)(H,37,40). The van der Waals surface area contributed by atoms with Crippen LogP contribution in [0, 0.1) is 17.2 Å². The SMILES string of the molecule is CC(=O)NCc1cccc(-c2ccc(C(=O)NC(Cc3ccccc3)C(CO)Cc3cccc(C#N)c3)cc2)c1. The number of nitriles is 1. The molecule has 0 aromatic heterocycles. The summed E-state index contributed by atoms with van der Waals surface area (Å²) >= 11 is 0. The van der Waals surface area contributed by atoms with Gasteiger partial charge in [0.1, 0.15) is 0 Å². The van der Waals surface area contributed by atoms with Gasteiger partial charge in [-0.15, -0.1) is 0 Å². The van der Waals surface area contributed by atoms with Crippen LogP contribution in [-0.2, 0) is 24.2 Å². The molecule has 0 aliphatic rings. The van der Waals surface area contributed by atoms with E-state index in [9.17, 15) is 20.0 Å². The molecule has 0 bridgehead atoms. The van der Waals surface area contributed by atoms with Crippen LogP contribution < -0.4 is 10.6 Å². The van der Waals surface area contributed by atoms with Crippen molar-refractivity contribution in [1.29, 1.82) is 5.26 Å². The Morgan fingerprint density at radius 2 is 1.50 bits per heavy atom. The highest BCUT2D eigenvalue weighted by molar-refractivity contribution is 5.95. The molecule has 4 aromatic carbocycles. The third-order valence-electron chi connectivity index (χ3n) is 6.92. The van der Waals surface area contributed by atoms with E-state index in [1.807, 2.05) is 84.9 Å². The first kappa shape index (κ1) is 28.3. The predicted molar refractivity (Wildman–Crippen MR) is 156 cm³/mol. The maximum Gasteiger partial charge on any atom is 0.251 e. The first-order valence-corrected chi connectivity index (χ1v) is 13.3. The first-order chi connectivity index (χ1) is 19.4. The molecule has 2 atom stereocenters. The van der Waals surface area contributed by atoms with E-state index in [1.165, 1.54) is 6.92 Å². The molecule has 0 heterocycles. The molecule has 0 saturated heterocycles. The number of aliphatic hydroxyl groups excluding tert-OH is 1. The van der Waals surface area contributed by atoms with Crippen molar-refractivity contribution in [3.05, 3.63) is 131 Å². The average molecular weight is 532 g/mol. The van der Waals surface area contributed by atoms with Gasteiger partial charge in [0, 0.05) is 37.6 Å². The summed E-state index contributed by atoms with van der Waals surface area (Å²) < 4.78 is 0. The molecule has 0 radical (unpaired) electrons.